The van der Waals surface area contributed by atoms with Crippen LogP contribution in [0.2, 0.25) is 0 Å². The number of aromatic hydroxyl groups is 1. The van der Waals surface area contributed by atoms with Crippen molar-refractivity contribution in [1.82, 2.24) is 0 Å². The Morgan fingerprint density at radius 3 is 2.39 bits per heavy atom. The first-order chi connectivity index (χ1) is 18.5. The molecule has 0 saturated carbocycles. The van der Waals surface area contributed by atoms with E-state index in [4.69, 9.17) is 14.5 Å². The third kappa shape index (κ3) is 5.12. The molecule has 0 amide bonds. The number of hydrogen-bond donors (Lipinski definition) is 1. The summed E-state index contributed by atoms with van der Waals surface area (Å²) in [5, 5.41) is 10.2. The van der Waals surface area contributed by atoms with Crippen molar-refractivity contribution < 1.29 is 24.2 Å². The minimum atomic E-state index is -0.754. The molecule has 1 N–H and O–H groups in total. The van der Waals surface area contributed by atoms with Gasteiger partial charge in [0.05, 0.1) is 13.7 Å². The van der Waals surface area contributed by atoms with Gasteiger partial charge in [-0.05, 0) is 48.1 Å². The number of esters is 1. The van der Waals surface area contributed by atoms with E-state index in [1.165, 1.54) is 13.2 Å². The van der Waals surface area contributed by atoms with E-state index in [1.54, 1.807) is 12.1 Å². The highest BCUT2D eigenvalue weighted by Crippen LogP contribution is 2.47. The first-order valence-corrected chi connectivity index (χ1v) is 12.9. The van der Waals surface area contributed by atoms with E-state index in [9.17, 15) is 14.7 Å². The van der Waals surface area contributed by atoms with Crippen molar-refractivity contribution in [2.75, 3.05) is 13.7 Å². The summed E-state index contributed by atoms with van der Waals surface area (Å²) in [5.41, 5.74) is 4.78. The number of phenols is 1. The number of nitrogens with zero attached hydrogens (tertiary/aromatic N) is 1. The Morgan fingerprint density at radius 2 is 1.68 bits per heavy atom. The fourth-order valence-electron chi connectivity index (χ4n) is 5.58. The number of rotatable bonds is 7. The summed E-state index contributed by atoms with van der Waals surface area (Å²) in [5.74, 6) is -1.46. The van der Waals surface area contributed by atoms with Crippen LogP contribution in [0.4, 0.5) is 0 Å². The van der Waals surface area contributed by atoms with E-state index in [2.05, 4.69) is 0 Å². The molecule has 0 fully saturated rings. The van der Waals surface area contributed by atoms with Gasteiger partial charge in [-0.1, -0.05) is 66.7 Å². The topological polar surface area (TPSA) is 85.2 Å². The number of phenolic OH excluding ortho intramolecular Hbond substituents is 1. The molecule has 0 saturated heterocycles. The van der Waals surface area contributed by atoms with Gasteiger partial charge in [-0.15, -0.1) is 0 Å². The zero-order valence-electron chi connectivity index (χ0n) is 21.6. The number of benzene rings is 3. The second-order valence-corrected chi connectivity index (χ2v) is 9.84. The van der Waals surface area contributed by atoms with Gasteiger partial charge in [-0.25, -0.2) is 0 Å². The van der Waals surface area contributed by atoms with Gasteiger partial charge in [0.2, 0.25) is 0 Å². The van der Waals surface area contributed by atoms with Gasteiger partial charge in [0, 0.05) is 35.7 Å². The van der Waals surface area contributed by atoms with E-state index in [-0.39, 0.29) is 29.8 Å². The average Bonchev–Trinajstić information content (AvgIpc) is 2.93. The molecule has 0 radical (unpaired) electrons. The van der Waals surface area contributed by atoms with Crippen LogP contribution in [0.15, 0.2) is 95.1 Å². The van der Waals surface area contributed by atoms with E-state index in [1.807, 2.05) is 67.6 Å². The monoisotopic (exact) mass is 509 g/mol. The lowest BCUT2D eigenvalue weighted by Crippen LogP contribution is -2.38. The molecule has 194 valence electrons. The maximum absolute atomic E-state index is 13.7. The molecule has 1 aliphatic heterocycles. The Kier molecular flexibility index (Phi) is 7.40. The van der Waals surface area contributed by atoms with Gasteiger partial charge in [-0.2, -0.15) is 0 Å². The van der Waals surface area contributed by atoms with Gasteiger partial charge in [0.15, 0.2) is 17.3 Å². The van der Waals surface area contributed by atoms with Crippen LogP contribution in [0.1, 0.15) is 48.3 Å². The molecule has 5 rings (SSSR count). The van der Waals surface area contributed by atoms with E-state index in [0.717, 1.165) is 16.8 Å². The number of ether oxygens (including phenoxy) is 2. The summed E-state index contributed by atoms with van der Waals surface area (Å²) in [6.07, 6.45) is 1.56. The van der Waals surface area contributed by atoms with Gasteiger partial charge in [0.1, 0.15) is 5.92 Å². The Balaban J connectivity index is 1.49. The number of carbonyl (C=O) groups is 2. The standard InChI is InChI=1S/C32H31NO5/c1-20-29(32(36)38-16-15-21-9-5-3-6-10-21)30(23-13-14-26(34)28(19-23)37-2)31-25(33-20)17-24(18-27(31)35)22-11-7-4-8-12-22/h3-14,19,24,29-30,34H,15-18H2,1-2H3/t24-,29?,30-/m0/s1. The largest absolute Gasteiger partial charge is 0.504 e. The molecule has 1 unspecified atom stereocenters. The fraction of sp³-hybridized carbons (Fsp3) is 0.281. The SMILES string of the molecule is COc1cc([C@@H]2C3=C(C[C@H](c4ccccc4)CC3=O)N=C(C)C2C(=O)OCCc2ccccc2)ccc1O. The maximum Gasteiger partial charge on any atom is 0.315 e. The van der Waals surface area contributed by atoms with Crippen molar-refractivity contribution in [2.45, 2.75) is 38.0 Å². The first kappa shape index (κ1) is 25.5. The van der Waals surface area contributed by atoms with Crippen LogP contribution < -0.4 is 4.74 Å². The number of aliphatic imine (C=N–C) groups is 1. The highest BCUT2D eigenvalue weighted by molar-refractivity contribution is 6.09. The predicted octanol–water partition coefficient (Wildman–Crippen LogP) is 5.76. The number of hydrogen-bond acceptors (Lipinski definition) is 6. The van der Waals surface area contributed by atoms with Gasteiger partial charge in [-0.3, -0.25) is 14.6 Å². The van der Waals surface area contributed by atoms with Crippen molar-refractivity contribution in [3.63, 3.8) is 0 Å². The molecule has 0 bridgehead atoms. The third-order valence-electron chi connectivity index (χ3n) is 7.45. The summed E-state index contributed by atoms with van der Waals surface area (Å²) in [6.45, 7) is 2.06. The van der Waals surface area contributed by atoms with Crippen molar-refractivity contribution in [3.8, 4) is 11.5 Å². The molecule has 38 heavy (non-hydrogen) atoms. The van der Waals surface area contributed by atoms with Gasteiger partial charge in [0.25, 0.3) is 0 Å². The van der Waals surface area contributed by atoms with Crippen LogP contribution in [0.25, 0.3) is 0 Å². The van der Waals surface area contributed by atoms with Crippen molar-refractivity contribution in [3.05, 3.63) is 107 Å². The summed E-state index contributed by atoms with van der Waals surface area (Å²) in [7, 11) is 1.47. The van der Waals surface area contributed by atoms with Crippen LogP contribution >= 0.6 is 0 Å². The second kappa shape index (κ2) is 11.1. The molecule has 2 aliphatic rings. The average molecular weight is 510 g/mol. The Labute approximate surface area is 222 Å². The molecule has 6 nitrogen and oxygen atoms in total. The number of methoxy groups -OCH3 is 1. The summed E-state index contributed by atoms with van der Waals surface area (Å²) in [6, 6.07) is 24.8. The van der Waals surface area contributed by atoms with Crippen LogP contribution in [0, 0.1) is 5.92 Å². The lowest BCUT2D eigenvalue weighted by atomic mass is 9.69. The lowest BCUT2D eigenvalue weighted by Gasteiger charge is -2.36. The van der Waals surface area contributed by atoms with Gasteiger partial charge >= 0.3 is 5.97 Å². The summed E-state index contributed by atoms with van der Waals surface area (Å²) >= 11 is 0. The highest BCUT2D eigenvalue weighted by Gasteiger charge is 2.45. The van der Waals surface area contributed by atoms with Gasteiger partial charge < -0.3 is 14.6 Å². The molecule has 6 heteroatoms. The van der Waals surface area contributed by atoms with Crippen LogP contribution in [-0.2, 0) is 20.7 Å². The van der Waals surface area contributed by atoms with Crippen LogP contribution in [0.5, 0.6) is 11.5 Å². The molecule has 3 atom stereocenters. The summed E-state index contributed by atoms with van der Waals surface area (Å²) < 4.78 is 11.1. The number of allylic oxidation sites excluding steroid dienone is 2. The fourth-order valence-corrected chi connectivity index (χ4v) is 5.58. The second-order valence-electron chi connectivity index (χ2n) is 9.84. The molecular formula is C32H31NO5. The number of ketones is 1. The minimum Gasteiger partial charge on any atom is -0.504 e. The van der Waals surface area contributed by atoms with E-state index < -0.39 is 17.8 Å². The normalized spacial score (nSPS) is 20.9. The Morgan fingerprint density at radius 1 is 0.974 bits per heavy atom. The first-order valence-electron chi connectivity index (χ1n) is 12.9. The molecule has 0 aromatic heterocycles. The Bertz CT molecular complexity index is 1390. The molecule has 1 heterocycles. The quantitative estimate of drug-likeness (QED) is 0.409. The Hall–Kier alpha value is -4.19. The number of carbonyl (C=O) groups excluding carboxylic acids is 2. The van der Waals surface area contributed by atoms with Crippen molar-refractivity contribution in [1.29, 1.82) is 0 Å². The third-order valence-corrected chi connectivity index (χ3v) is 7.45. The van der Waals surface area contributed by atoms with Crippen molar-refractivity contribution >= 4 is 17.5 Å². The smallest absolute Gasteiger partial charge is 0.315 e. The van der Waals surface area contributed by atoms with Crippen LogP contribution in [-0.4, -0.2) is 36.3 Å². The molecule has 3 aromatic rings. The molecular weight excluding hydrogens is 478 g/mol. The lowest BCUT2D eigenvalue weighted by molar-refractivity contribution is -0.146. The summed E-state index contributed by atoms with van der Waals surface area (Å²) in [4.78, 5) is 32.1. The predicted molar refractivity (Wildman–Crippen MR) is 146 cm³/mol. The van der Waals surface area contributed by atoms with E-state index in [0.29, 0.717) is 36.1 Å². The van der Waals surface area contributed by atoms with Crippen LogP contribution in [0.3, 0.4) is 0 Å². The minimum absolute atomic E-state index is 0.00671. The highest BCUT2D eigenvalue weighted by atomic mass is 16.5. The zero-order chi connectivity index (χ0) is 26.6. The molecule has 3 aromatic carbocycles. The molecule has 0 spiro atoms. The van der Waals surface area contributed by atoms with Crippen molar-refractivity contribution in [2.24, 2.45) is 10.9 Å². The molecule has 1 aliphatic carbocycles. The maximum atomic E-state index is 13.7. The number of Topliss-reactive ketones (excluding diaryl/α,β-unsaturated/α-hetero) is 1. The zero-order valence-corrected chi connectivity index (χ0v) is 21.6. The van der Waals surface area contributed by atoms with E-state index >= 15 is 0 Å².